The molecule has 0 saturated carbocycles. The lowest BCUT2D eigenvalue weighted by molar-refractivity contribution is -0.127. The summed E-state index contributed by atoms with van der Waals surface area (Å²) in [7, 11) is 0. The van der Waals surface area contributed by atoms with Gasteiger partial charge in [-0.05, 0) is 32.9 Å². The van der Waals surface area contributed by atoms with Crippen LogP contribution in [0, 0.1) is 13.8 Å². The van der Waals surface area contributed by atoms with Crippen LogP contribution in [-0.4, -0.2) is 29.6 Å². The monoisotopic (exact) mass is 317 g/mol. The highest BCUT2D eigenvalue weighted by atomic mass is 16.5. The first-order valence-electron chi connectivity index (χ1n) is 7.17. The molecule has 0 unspecified atom stereocenters. The Morgan fingerprint density at radius 2 is 1.96 bits per heavy atom. The van der Waals surface area contributed by atoms with Gasteiger partial charge in [0.05, 0.1) is 0 Å². The number of anilines is 1. The van der Waals surface area contributed by atoms with E-state index in [0.717, 1.165) is 5.56 Å². The number of nitrogens with one attached hydrogen (secondary N) is 2. The number of aryl methyl sites for hydroxylation is 2. The number of nitrogens with zero attached hydrogens (tertiary/aromatic N) is 1. The lowest BCUT2D eigenvalue weighted by atomic mass is 10.2. The number of amides is 2. The number of carbonyl (C=O) groups excluding carboxylic acids is 2. The van der Waals surface area contributed by atoms with Crippen molar-refractivity contribution in [3.8, 4) is 5.75 Å². The maximum absolute atomic E-state index is 11.9. The maximum atomic E-state index is 11.9. The third-order valence-corrected chi connectivity index (χ3v) is 3.04. The fraction of sp³-hybridized carbons (Fsp3) is 0.312. The van der Waals surface area contributed by atoms with E-state index in [9.17, 15) is 9.59 Å². The van der Waals surface area contributed by atoms with Gasteiger partial charge in [0.1, 0.15) is 17.6 Å². The van der Waals surface area contributed by atoms with Gasteiger partial charge >= 0.3 is 0 Å². The van der Waals surface area contributed by atoms with E-state index in [1.165, 1.54) is 0 Å². The summed E-state index contributed by atoms with van der Waals surface area (Å²) in [5, 5.41) is 8.76. The summed E-state index contributed by atoms with van der Waals surface area (Å²) < 4.78 is 10.2. The lowest BCUT2D eigenvalue weighted by Gasteiger charge is -2.13. The molecule has 1 aromatic carbocycles. The predicted octanol–water partition coefficient (Wildman–Crippen LogP) is 1.81. The SMILES string of the molecule is Cc1ccc(OCC(=O)N[C@H](C)C(=O)Nc2cc(C)on2)cc1. The average molecular weight is 317 g/mol. The molecule has 0 aliphatic carbocycles. The number of benzene rings is 1. The molecular formula is C16H19N3O4. The third-order valence-electron chi connectivity index (χ3n) is 3.04. The highest BCUT2D eigenvalue weighted by Crippen LogP contribution is 2.11. The minimum Gasteiger partial charge on any atom is -0.484 e. The van der Waals surface area contributed by atoms with Gasteiger partial charge in [-0.25, -0.2) is 0 Å². The molecule has 0 aliphatic rings. The molecule has 1 aromatic heterocycles. The van der Waals surface area contributed by atoms with Crippen molar-refractivity contribution in [2.75, 3.05) is 11.9 Å². The Hall–Kier alpha value is -2.83. The van der Waals surface area contributed by atoms with Crippen molar-refractivity contribution in [1.29, 1.82) is 0 Å². The molecule has 0 saturated heterocycles. The molecule has 2 rings (SSSR count). The molecule has 122 valence electrons. The minimum atomic E-state index is -0.721. The fourth-order valence-electron chi connectivity index (χ4n) is 1.79. The zero-order valence-electron chi connectivity index (χ0n) is 13.3. The molecule has 2 N–H and O–H groups in total. The standard InChI is InChI=1S/C16H19N3O4/c1-10-4-6-13(7-5-10)22-9-15(20)17-12(3)16(21)18-14-8-11(2)23-19-14/h4-8,12H,9H2,1-3H3,(H,17,20)(H,18,19,21)/t12-/m1/s1. The topological polar surface area (TPSA) is 93.5 Å². The summed E-state index contributed by atoms with van der Waals surface area (Å²) in [6.07, 6.45) is 0. The molecule has 0 radical (unpaired) electrons. The Bertz CT molecular complexity index is 679. The molecule has 0 spiro atoms. The Labute approximate surface area is 134 Å². The second kappa shape index (κ2) is 7.44. The van der Waals surface area contributed by atoms with Gasteiger partial charge in [0.2, 0.25) is 5.91 Å². The van der Waals surface area contributed by atoms with E-state index in [1.54, 1.807) is 32.0 Å². The van der Waals surface area contributed by atoms with E-state index in [2.05, 4.69) is 15.8 Å². The van der Waals surface area contributed by atoms with Crippen molar-refractivity contribution in [3.63, 3.8) is 0 Å². The first kappa shape index (κ1) is 16.5. The van der Waals surface area contributed by atoms with Crippen LogP contribution in [0.15, 0.2) is 34.9 Å². The van der Waals surface area contributed by atoms with Crippen LogP contribution in [0.3, 0.4) is 0 Å². The van der Waals surface area contributed by atoms with Crippen LogP contribution >= 0.6 is 0 Å². The Morgan fingerprint density at radius 3 is 2.57 bits per heavy atom. The number of hydrogen-bond donors (Lipinski definition) is 2. The molecule has 1 atom stereocenters. The molecule has 0 fully saturated rings. The predicted molar refractivity (Wildman–Crippen MR) is 84.1 cm³/mol. The summed E-state index contributed by atoms with van der Waals surface area (Å²) in [6, 6.07) is 8.22. The Morgan fingerprint density at radius 1 is 1.26 bits per heavy atom. The molecule has 23 heavy (non-hydrogen) atoms. The molecule has 7 nitrogen and oxygen atoms in total. The number of aromatic nitrogens is 1. The quantitative estimate of drug-likeness (QED) is 0.847. The van der Waals surface area contributed by atoms with Gasteiger partial charge in [-0.2, -0.15) is 0 Å². The smallest absolute Gasteiger partial charge is 0.258 e. The Kier molecular flexibility index (Phi) is 5.35. The van der Waals surface area contributed by atoms with Gasteiger partial charge in [0, 0.05) is 6.07 Å². The number of hydrogen-bond acceptors (Lipinski definition) is 5. The van der Waals surface area contributed by atoms with Gasteiger partial charge in [-0.3, -0.25) is 9.59 Å². The third kappa shape index (κ3) is 5.14. The van der Waals surface area contributed by atoms with Crippen LogP contribution in [0.1, 0.15) is 18.2 Å². The van der Waals surface area contributed by atoms with Crippen LogP contribution in [0.5, 0.6) is 5.75 Å². The van der Waals surface area contributed by atoms with Crippen LogP contribution in [0.2, 0.25) is 0 Å². The van der Waals surface area contributed by atoms with E-state index in [1.807, 2.05) is 19.1 Å². The van der Waals surface area contributed by atoms with E-state index < -0.39 is 6.04 Å². The van der Waals surface area contributed by atoms with Gasteiger partial charge in [0.25, 0.3) is 5.91 Å². The summed E-state index contributed by atoms with van der Waals surface area (Å²) in [6.45, 7) is 5.10. The molecule has 1 heterocycles. The van der Waals surface area contributed by atoms with Crippen molar-refractivity contribution in [2.24, 2.45) is 0 Å². The van der Waals surface area contributed by atoms with Gasteiger partial charge in [-0.15, -0.1) is 0 Å². The molecule has 2 amide bonds. The highest BCUT2D eigenvalue weighted by Gasteiger charge is 2.17. The van der Waals surface area contributed by atoms with E-state index in [0.29, 0.717) is 17.3 Å². The van der Waals surface area contributed by atoms with E-state index in [-0.39, 0.29) is 18.4 Å². The van der Waals surface area contributed by atoms with Gasteiger partial charge < -0.3 is 19.9 Å². The number of ether oxygens (including phenoxy) is 1. The van der Waals surface area contributed by atoms with Gasteiger partial charge in [0.15, 0.2) is 12.4 Å². The number of rotatable bonds is 6. The normalized spacial score (nSPS) is 11.6. The zero-order valence-corrected chi connectivity index (χ0v) is 13.3. The van der Waals surface area contributed by atoms with E-state index >= 15 is 0 Å². The molecular weight excluding hydrogens is 298 g/mol. The maximum Gasteiger partial charge on any atom is 0.258 e. The summed E-state index contributed by atoms with van der Waals surface area (Å²) in [5.41, 5.74) is 1.11. The average Bonchev–Trinajstić information content (AvgIpc) is 2.91. The van der Waals surface area contributed by atoms with Crippen LogP contribution in [0.25, 0.3) is 0 Å². The first-order chi connectivity index (χ1) is 10.9. The van der Waals surface area contributed by atoms with Crippen molar-refractivity contribution in [2.45, 2.75) is 26.8 Å². The van der Waals surface area contributed by atoms with Crippen molar-refractivity contribution in [1.82, 2.24) is 10.5 Å². The summed E-state index contributed by atoms with van der Waals surface area (Å²) in [4.78, 5) is 23.7. The van der Waals surface area contributed by atoms with E-state index in [4.69, 9.17) is 9.26 Å². The Balaban J connectivity index is 1.77. The molecule has 2 aromatic rings. The molecule has 0 bridgehead atoms. The first-order valence-corrected chi connectivity index (χ1v) is 7.17. The second-order valence-corrected chi connectivity index (χ2v) is 5.20. The second-order valence-electron chi connectivity index (χ2n) is 5.20. The highest BCUT2D eigenvalue weighted by molar-refractivity contribution is 5.96. The van der Waals surface area contributed by atoms with Crippen LogP contribution in [0.4, 0.5) is 5.82 Å². The van der Waals surface area contributed by atoms with Crippen molar-refractivity contribution < 1.29 is 18.8 Å². The van der Waals surface area contributed by atoms with Crippen LogP contribution < -0.4 is 15.4 Å². The number of carbonyl (C=O) groups is 2. The largest absolute Gasteiger partial charge is 0.484 e. The molecule has 7 heteroatoms. The van der Waals surface area contributed by atoms with Gasteiger partial charge in [-0.1, -0.05) is 22.9 Å². The summed E-state index contributed by atoms with van der Waals surface area (Å²) in [5.74, 6) is 0.723. The van der Waals surface area contributed by atoms with Crippen LogP contribution in [-0.2, 0) is 9.59 Å². The molecule has 0 aliphatic heterocycles. The fourth-order valence-corrected chi connectivity index (χ4v) is 1.79. The zero-order chi connectivity index (χ0) is 16.8. The summed E-state index contributed by atoms with van der Waals surface area (Å²) >= 11 is 0. The van der Waals surface area contributed by atoms with Crippen molar-refractivity contribution >= 4 is 17.6 Å². The minimum absolute atomic E-state index is 0.163. The lowest BCUT2D eigenvalue weighted by Crippen LogP contribution is -2.43. The van der Waals surface area contributed by atoms with Crippen molar-refractivity contribution in [3.05, 3.63) is 41.7 Å².